The third-order valence-electron chi connectivity index (χ3n) is 4.07. The van der Waals surface area contributed by atoms with Crippen LogP contribution < -0.4 is 14.8 Å². The van der Waals surface area contributed by atoms with Crippen molar-refractivity contribution in [3.63, 3.8) is 0 Å². The molecule has 1 fully saturated rings. The van der Waals surface area contributed by atoms with E-state index in [0.29, 0.717) is 5.54 Å². The molecule has 0 aliphatic heterocycles. The van der Waals surface area contributed by atoms with E-state index in [1.165, 1.54) is 31.2 Å². The van der Waals surface area contributed by atoms with Crippen molar-refractivity contribution >= 4 is 0 Å². The lowest BCUT2D eigenvalue weighted by atomic mass is 9.75. The molecule has 0 atom stereocenters. The van der Waals surface area contributed by atoms with Crippen LogP contribution in [0.2, 0.25) is 0 Å². The van der Waals surface area contributed by atoms with Crippen LogP contribution in [-0.2, 0) is 6.54 Å². The van der Waals surface area contributed by atoms with E-state index in [1.54, 1.807) is 14.2 Å². The molecule has 0 aromatic heterocycles. The summed E-state index contributed by atoms with van der Waals surface area (Å²) in [5, 5.41) is 3.69. The summed E-state index contributed by atoms with van der Waals surface area (Å²) >= 11 is 0. The molecule has 1 aliphatic rings. The third-order valence-corrected chi connectivity index (χ3v) is 4.07. The monoisotopic (exact) mass is 249 g/mol. The Hall–Kier alpha value is -1.22. The van der Waals surface area contributed by atoms with E-state index in [4.69, 9.17) is 9.47 Å². The van der Waals surface area contributed by atoms with Gasteiger partial charge < -0.3 is 14.8 Å². The van der Waals surface area contributed by atoms with Gasteiger partial charge >= 0.3 is 0 Å². The van der Waals surface area contributed by atoms with Gasteiger partial charge in [-0.15, -0.1) is 0 Å². The van der Waals surface area contributed by atoms with Crippen molar-refractivity contribution in [3.8, 4) is 11.5 Å². The molecule has 3 nitrogen and oxygen atoms in total. The second-order valence-corrected chi connectivity index (χ2v) is 5.06. The van der Waals surface area contributed by atoms with Crippen LogP contribution in [-0.4, -0.2) is 19.8 Å². The maximum atomic E-state index is 5.29. The fourth-order valence-corrected chi connectivity index (χ4v) is 2.52. The van der Waals surface area contributed by atoms with Gasteiger partial charge in [0, 0.05) is 18.2 Å². The Morgan fingerprint density at radius 2 is 1.72 bits per heavy atom. The second-order valence-electron chi connectivity index (χ2n) is 5.06. The van der Waals surface area contributed by atoms with Crippen molar-refractivity contribution in [1.82, 2.24) is 5.32 Å². The van der Waals surface area contributed by atoms with Gasteiger partial charge in [0.15, 0.2) is 0 Å². The van der Waals surface area contributed by atoms with Crippen LogP contribution in [0.3, 0.4) is 0 Å². The summed E-state index contributed by atoms with van der Waals surface area (Å²) in [6, 6.07) is 6.04. The van der Waals surface area contributed by atoms with Crippen LogP contribution in [0.15, 0.2) is 18.2 Å². The van der Waals surface area contributed by atoms with Gasteiger partial charge in [0.2, 0.25) is 0 Å². The highest BCUT2D eigenvalue weighted by molar-refractivity contribution is 5.38. The van der Waals surface area contributed by atoms with Crippen molar-refractivity contribution in [2.24, 2.45) is 0 Å². The zero-order chi connectivity index (χ0) is 13.0. The zero-order valence-electron chi connectivity index (χ0n) is 11.6. The smallest absolute Gasteiger partial charge is 0.122 e. The first-order chi connectivity index (χ1) is 8.71. The Balaban J connectivity index is 2.04. The largest absolute Gasteiger partial charge is 0.497 e. The van der Waals surface area contributed by atoms with Crippen molar-refractivity contribution in [2.75, 3.05) is 14.2 Å². The first-order valence-electron chi connectivity index (χ1n) is 6.68. The highest BCUT2D eigenvalue weighted by Crippen LogP contribution is 2.35. The van der Waals surface area contributed by atoms with Crippen molar-refractivity contribution < 1.29 is 9.47 Å². The highest BCUT2D eigenvalue weighted by Gasteiger charge is 2.34. The molecule has 0 bridgehead atoms. The van der Waals surface area contributed by atoms with Crippen molar-refractivity contribution in [1.29, 1.82) is 0 Å². The first-order valence-corrected chi connectivity index (χ1v) is 6.68. The molecule has 0 unspecified atom stereocenters. The Bertz CT molecular complexity index is 372. The fourth-order valence-electron chi connectivity index (χ4n) is 2.52. The summed E-state index contributed by atoms with van der Waals surface area (Å²) in [5.74, 6) is 1.70. The van der Waals surface area contributed by atoms with Gasteiger partial charge in [0.05, 0.1) is 14.2 Å². The van der Waals surface area contributed by atoms with Gasteiger partial charge in [0.25, 0.3) is 0 Å². The molecule has 1 aromatic rings. The topological polar surface area (TPSA) is 30.5 Å². The van der Waals surface area contributed by atoms with Gasteiger partial charge in [-0.3, -0.25) is 0 Å². The van der Waals surface area contributed by atoms with E-state index >= 15 is 0 Å². The van der Waals surface area contributed by atoms with Gasteiger partial charge in [-0.1, -0.05) is 6.92 Å². The molecule has 2 rings (SSSR count). The molecule has 0 spiro atoms. The van der Waals surface area contributed by atoms with Gasteiger partial charge in [-0.25, -0.2) is 0 Å². The third kappa shape index (κ3) is 2.78. The Morgan fingerprint density at radius 3 is 2.11 bits per heavy atom. The summed E-state index contributed by atoms with van der Waals surface area (Å²) in [6.45, 7) is 3.14. The average Bonchev–Trinajstić information content (AvgIpc) is 2.37. The van der Waals surface area contributed by atoms with E-state index < -0.39 is 0 Å². The maximum absolute atomic E-state index is 5.29. The minimum absolute atomic E-state index is 0.371. The van der Waals surface area contributed by atoms with E-state index in [2.05, 4.69) is 24.4 Å². The number of hydrogen-bond acceptors (Lipinski definition) is 3. The van der Waals surface area contributed by atoms with Gasteiger partial charge in [-0.05, 0) is 43.4 Å². The molecule has 0 heterocycles. The zero-order valence-corrected chi connectivity index (χ0v) is 11.6. The summed E-state index contributed by atoms with van der Waals surface area (Å²) in [6.07, 6.45) is 5.14. The highest BCUT2D eigenvalue weighted by atomic mass is 16.5. The van der Waals surface area contributed by atoms with Crippen LogP contribution in [0.25, 0.3) is 0 Å². The maximum Gasteiger partial charge on any atom is 0.122 e. The molecule has 1 saturated carbocycles. The Kier molecular flexibility index (Phi) is 4.12. The molecule has 1 N–H and O–H groups in total. The quantitative estimate of drug-likeness (QED) is 0.840. The number of nitrogens with one attached hydrogen (secondary N) is 1. The molecule has 1 aromatic carbocycles. The van der Waals surface area contributed by atoms with Gasteiger partial charge in [-0.2, -0.15) is 0 Å². The molecular formula is C15H23NO2. The van der Waals surface area contributed by atoms with E-state index in [0.717, 1.165) is 18.0 Å². The molecule has 0 saturated heterocycles. The van der Waals surface area contributed by atoms with E-state index in [-0.39, 0.29) is 0 Å². The number of ether oxygens (including phenoxy) is 2. The number of methoxy groups -OCH3 is 2. The van der Waals surface area contributed by atoms with Crippen LogP contribution in [0.4, 0.5) is 0 Å². The molecule has 18 heavy (non-hydrogen) atoms. The standard InChI is InChI=1S/C15H23NO2/c1-4-15(6-5-7-15)16-11-12-8-13(17-2)10-14(9-12)18-3/h8-10,16H,4-7,11H2,1-3H3. The lowest BCUT2D eigenvalue weighted by Gasteiger charge is -2.42. The molecule has 100 valence electrons. The average molecular weight is 249 g/mol. The summed E-state index contributed by atoms with van der Waals surface area (Å²) in [4.78, 5) is 0. The summed E-state index contributed by atoms with van der Waals surface area (Å²) in [5.41, 5.74) is 1.59. The SMILES string of the molecule is CCC1(NCc2cc(OC)cc(OC)c2)CCC1. The molecule has 0 radical (unpaired) electrons. The number of benzene rings is 1. The predicted octanol–water partition coefficient (Wildman–Crippen LogP) is 3.13. The van der Waals surface area contributed by atoms with E-state index in [9.17, 15) is 0 Å². The van der Waals surface area contributed by atoms with Crippen LogP contribution in [0.1, 0.15) is 38.2 Å². The van der Waals surface area contributed by atoms with Crippen LogP contribution >= 0.6 is 0 Å². The number of rotatable bonds is 6. The molecular weight excluding hydrogens is 226 g/mol. The predicted molar refractivity (Wildman–Crippen MR) is 73.3 cm³/mol. The van der Waals surface area contributed by atoms with Gasteiger partial charge in [0.1, 0.15) is 11.5 Å². The summed E-state index contributed by atoms with van der Waals surface area (Å²) in [7, 11) is 3.37. The lowest BCUT2D eigenvalue weighted by molar-refractivity contribution is 0.175. The normalized spacial score (nSPS) is 17.1. The van der Waals surface area contributed by atoms with E-state index in [1.807, 2.05) is 6.07 Å². The lowest BCUT2D eigenvalue weighted by Crippen LogP contribution is -2.49. The minimum Gasteiger partial charge on any atom is -0.497 e. The van der Waals surface area contributed by atoms with Crippen LogP contribution in [0.5, 0.6) is 11.5 Å². The second kappa shape index (κ2) is 5.61. The molecule has 0 amide bonds. The Morgan fingerprint density at radius 1 is 1.11 bits per heavy atom. The number of hydrogen-bond donors (Lipinski definition) is 1. The first kappa shape index (κ1) is 13.2. The van der Waals surface area contributed by atoms with Crippen molar-refractivity contribution in [2.45, 2.75) is 44.7 Å². The molecule has 1 aliphatic carbocycles. The minimum atomic E-state index is 0.371. The van der Waals surface area contributed by atoms with Crippen LogP contribution in [0, 0.1) is 0 Å². The van der Waals surface area contributed by atoms with Crippen molar-refractivity contribution in [3.05, 3.63) is 23.8 Å². The summed E-state index contributed by atoms with van der Waals surface area (Å²) < 4.78 is 10.6. The Labute approximate surface area is 109 Å². The fraction of sp³-hybridized carbons (Fsp3) is 0.600. The molecule has 3 heteroatoms.